The molecule has 15 nitrogen and oxygen atoms in total. The third-order valence-corrected chi connectivity index (χ3v) is 17.3. The van der Waals surface area contributed by atoms with E-state index in [-0.39, 0.29) is 0 Å². The van der Waals surface area contributed by atoms with E-state index in [1.807, 2.05) is 0 Å². The van der Waals surface area contributed by atoms with Gasteiger partial charge in [0.1, 0.15) is 0 Å². The van der Waals surface area contributed by atoms with Crippen molar-refractivity contribution < 1.29 is 74.7 Å². The zero-order valence-corrected chi connectivity index (χ0v) is 62.5. The highest BCUT2D eigenvalue weighted by molar-refractivity contribution is 7.38. The van der Waals surface area contributed by atoms with E-state index in [9.17, 15) is 19.2 Å². The maximum atomic E-state index is 10.3. The summed E-state index contributed by atoms with van der Waals surface area (Å²) in [6.45, 7) is 7.46. The Morgan fingerprint density at radius 1 is 0.204 bits per heavy atom. The van der Waals surface area contributed by atoms with Crippen molar-refractivity contribution in [3.63, 3.8) is 0 Å². The van der Waals surface area contributed by atoms with Gasteiger partial charge in [-0.05, 0) is 25.7 Å². The van der Waals surface area contributed by atoms with Crippen LogP contribution in [-0.2, 0) is 19.2 Å². The second-order valence-corrected chi connectivity index (χ2v) is 27.3. The molecule has 0 bridgehead atoms. The molecule has 0 aromatic rings. The number of aliphatic hydroxyl groups excluding tert-OH is 4. The topological polar surface area (TPSA) is 291 Å². The van der Waals surface area contributed by atoms with Crippen LogP contribution in [0.15, 0.2) is 0 Å². The van der Waals surface area contributed by atoms with Crippen LogP contribution in [0.4, 0.5) is 0 Å². The van der Waals surface area contributed by atoms with Crippen LogP contribution >= 0.6 is 8.60 Å². The van der Waals surface area contributed by atoms with Gasteiger partial charge in [-0.15, -0.1) is 0 Å². The van der Waals surface area contributed by atoms with Crippen molar-refractivity contribution in [2.75, 3.05) is 26.4 Å². The van der Waals surface area contributed by atoms with Gasteiger partial charge in [0.25, 0.3) is 0 Å². The quantitative estimate of drug-likeness (QED) is 0.0199. The number of hydrogen-bond donors (Lipinski definition) is 11. The Morgan fingerprint density at radius 3 is 0.355 bits per heavy atom. The fraction of sp³-hybridized carbons (Fsp3) is 0.948. The van der Waals surface area contributed by atoms with Gasteiger partial charge in [0.2, 0.25) is 0 Å². The lowest BCUT2D eigenvalue weighted by atomic mass is 9.93. The van der Waals surface area contributed by atoms with E-state index in [1.54, 1.807) is 0 Å². The highest BCUT2D eigenvalue weighted by Gasteiger charge is 2.26. The molecule has 0 aromatic carbocycles. The average molecular weight is 1360 g/mol. The first-order valence-electron chi connectivity index (χ1n) is 39.2. The lowest BCUT2D eigenvalue weighted by Gasteiger charge is -2.23. The highest BCUT2D eigenvalue weighted by atomic mass is 31.2. The number of carboxylic acids is 4. The zero-order valence-electron chi connectivity index (χ0n) is 61.6. The molecule has 0 saturated carbocycles. The van der Waals surface area contributed by atoms with E-state index in [1.165, 1.54) is 334 Å². The second-order valence-electron chi connectivity index (χ2n) is 26.8. The van der Waals surface area contributed by atoms with Crippen LogP contribution in [0.5, 0.6) is 0 Å². The van der Waals surface area contributed by atoms with Crippen LogP contribution < -0.4 is 0 Å². The maximum absolute atomic E-state index is 10.3. The molecule has 11 N–H and O–H groups in total. The molecule has 0 fully saturated rings. The van der Waals surface area contributed by atoms with Gasteiger partial charge in [0.05, 0.1) is 31.8 Å². The largest absolute Gasteiger partial charge is 0.481 e. The third-order valence-electron chi connectivity index (χ3n) is 17.3. The first-order chi connectivity index (χ1) is 45.1. The Bertz CT molecular complexity index is 1190. The molecule has 0 aliphatic rings. The van der Waals surface area contributed by atoms with Crippen LogP contribution in [0.1, 0.15) is 439 Å². The lowest BCUT2D eigenvalue weighted by Crippen LogP contribution is -2.37. The van der Waals surface area contributed by atoms with Crippen molar-refractivity contribution in [3.05, 3.63) is 0 Å². The Balaban J connectivity index is -0.000000254. The molecule has 0 aliphatic heterocycles. The second kappa shape index (κ2) is 94.2. The Labute approximate surface area is 575 Å². The maximum Gasteiger partial charge on any atom is 0.324 e. The smallest absolute Gasteiger partial charge is 0.324 e. The SMILES string of the molecule is CCCCCCCCCCCCCCCCCC(=O)O.CCCCCCCCCCCCCCCCCC(=O)O.CCCCCCCCCCCCCCCCCC(=O)O.CCCCCCCCCCCCCCCCCC(=O)O.OCC(CO)(CO)CO.OP(O)O. The first kappa shape index (κ1) is 102. The summed E-state index contributed by atoms with van der Waals surface area (Å²) in [6, 6.07) is 0. The summed E-state index contributed by atoms with van der Waals surface area (Å²) in [6.07, 6.45) is 80.8. The summed E-state index contributed by atoms with van der Waals surface area (Å²) in [5, 5.41) is 68.1. The Kier molecular flexibility index (Phi) is 103. The normalized spacial score (nSPS) is 10.9. The van der Waals surface area contributed by atoms with E-state index < -0.39 is 64.3 Å². The van der Waals surface area contributed by atoms with Crippen LogP contribution in [0.2, 0.25) is 0 Å². The number of rotatable bonds is 68. The van der Waals surface area contributed by atoms with Gasteiger partial charge < -0.3 is 55.5 Å². The summed E-state index contributed by atoms with van der Waals surface area (Å²) in [5.41, 5.74) is -1.11. The molecular weight excluding hydrogens is 1200 g/mol. The van der Waals surface area contributed by atoms with Gasteiger partial charge in [0.15, 0.2) is 0 Å². The standard InChI is InChI=1S/4C18H36O2.C5H12O4.H3O3P/c4*1-2-3-4-5-6-7-8-9-10-11-12-13-14-15-16-17-18(19)20;6-1-5(2-7,3-8)4-9;1-4(2)3/h4*2-17H2,1H3,(H,19,20);6-9H,1-4H2;1-3H. The predicted molar refractivity (Wildman–Crippen MR) is 393 cm³/mol. The molecule has 93 heavy (non-hydrogen) atoms. The van der Waals surface area contributed by atoms with Gasteiger partial charge in [0, 0.05) is 25.7 Å². The molecule has 0 rings (SSSR count). The van der Waals surface area contributed by atoms with Crippen molar-refractivity contribution in [1.82, 2.24) is 0 Å². The van der Waals surface area contributed by atoms with Crippen molar-refractivity contribution >= 4 is 32.5 Å². The minimum Gasteiger partial charge on any atom is -0.481 e. The molecule has 0 amide bonds. The van der Waals surface area contributed by atoms with Gasteiger partial charge in [-0.2, -0.15) is 0 Å². The fourth-order valence-corrected chi connectivity index (χ4v) is 10.9. The third kappa shape index (κ3) is 115. The van der Waals surface area contributed by atoms with E-state index in [4.69, 9.17) is 55.5 Å². The van der Waals surface area contributed by atoms with Gasteiger partial charge >= 0.3 is 32.5 Å². The van der Waals surface area contributed by atoms with Crippen molar-refractivity contribution in [3.8, 4) is 0 Å². The summed E-state index contributed by atoms with van der Waals surface area (Å²) < 4.78 is 0. The van der Waals surface area contributed by atoms with E-state index in [0.29, 0.717) is 25.7 Å². The minimum atomic E-state index is -2.62. The molecular formula is C77H159O15P. The number of hydrogen-bond acceptors (Lipinski definition) is 11. The average Bonchev–Trinajstić information content (AvgIpc) is 3.12. The summed E-state index contributed by atoms with van der Waals surface area (Å²) in [4.78, 5) is 63.0. The number of carbonyl (C=O) groups is 4. The van der Waals surface area contributed by atoms with Crippen molar-refractivity contribution in [2.24, 2.45) is 5.41 Å². The van der Waals surface area contributed by atoms with Crippen LogP contribution in [-0.4, -0.2) is 106 Å². The molecule has 0 saturated heterocycles. The number of unbranched alkanes of at least 4 members (excludes halogenated alkanes) is 56. The van der Waals surface area contributed by atoms with Crippen LogP contribution in [0.25, 0.3) is 0 Å². The molecule has 0 heterocycles. The predicted octanol–water partition coefficient (Wildman–Crippen LogP) is 22.5. The molecule has 0 aromatic heterocycles. The van der Waals surface area contributed by atoms with Gasteiger partial charge in [-0.25, -0.2) is 0 Å². The zero-order chi connectivity index (χ0) is 70.5. The van der Waals surface area contributed by atoms with Crippen LogP contribution in [0, 0.1) is 5.41 Å². The summed E-state index contributed by atoms with van der Waals surface area (Å²) in [7, 11) is -2.62. The Hall–Kier alpha value is -1.97. The van der Waals surface area contributed by atoms with Crippen LogP contribution in [0.3, 0.4) is 0 Å². The molecule has 0 radical (unpaired) electrons. The fourth-order valence-electron chi connectivity index (χ4n) is 10.9. The summed E-state index contributed by atoms with van der Waals surface area (Å²) >= 11 is 0. The van der Waals surface area contributed by atoms with Crippen molar-refractivity contribution in [2.45, 2.75) is 439 Å². The highest BCUT2D eigenvalue weighted by Crippen LogP contribution is 2.19. The molecule has 0 spiro atoms. The van der Waals surface area contributed by atoms with Gasteiger partial charge in [-0.3, -0.25) is 19.2 Å². The summed E-state index contributed by atoms with van der Waals surface area (Å²) in [5.74, 6) is -2.61. The number of aliphatic hydroxyl groups is 4. The Morgan fingerprint density at radius 2 is 0.290 bits per heavy atom. The van der Waals surface area contributed by atoms with Gasteiger partial charge in [-0.1, -0.05) is 387 Å². The molecule has 0 atom stereocenters. The van der Waals surface area contributed by atoms with Crippen molar-refractivity contribution in [1.29, 1.82) is 0 Å². The number of aliphatic carboxylic acids is 4. The first-order valence-corrected chi connectivity index (χ1v) is 40.4. The molecule has 0 aliphatic carbocycles. The molecule has 562 valence electrons. The minimum absolute atomic E-state index is 0.345. The monoisotopic (exact) mass is 1360 g/mol. The number of carboxylic acid groups (broad SMARTS) is 4. The van der Waals surface area contributed by atoms with E-state index in [2.05, 4.69) is 27.7 Å². The van der Waals surface area contributed by atoms with E-state index >= 15 is 0 Å². The van der Waals surface area contributed by atoms with E-state index in [0.717, 1.165) is 51.4 Å². The molecule has 16 heteroatoms. The molecule has 0 unspecified atom stereocenters. The lowest BCUT2D eigenvalue weighted by molar-refractivity contribution is -0.138.